The third-order valence-electron chi connectivity index (χ3n) is 5.25. The number of nitrogens with zero attached hydrogens (tertiary/aromatic N) is 3. The van der Waals surface area contributed by atoms with Crippen LogP contribution >= 0.6 is 11.6 Å². The van der Waals surface area contributed by atoms with E-state index in [2.05, 4.69) is 15.0 Å². The molecule has 34 heavy (non-hydrogen) atoms. The minimum absolute atomic E-state index is 0.164. The molecule has 1 aliphatic rings. The minimum atomic E-state index is -3.84. The molecular weight excluding hydrogens is 470 g/mol. The van der Waals surface area contributed by atoms with Crippen LogP contribution in [0.4, 0.5) is 20.3 Å². The Morgan fingerprint density at radius 1 is 1.24 bits per heavy atom. The smallest absolute Gasteiger partial charge is 0.420 e. The lowest BCUT2D eigenvalue weighted by molar-refractivity contribution is -0.0964. The fraction of sp³-hybridized carbons (Fsp3) is 0.261. The van der Waals surface area contributed by atoms with Gasteiger partial charge in [-0.15, -0.1) is 8.78 Å². The molecule has 3 heterocycles. The van der Waals surface area contributed by atoms with Crippen molar-refractivity contribution in [1.82, 2.24) is 9.55 Å². The topological polar surface area (TPSA) is 96.7 Å². The number of β-amino-alcohol motifs (C(OH)–C–C–N with tert-alkyl or cyclic N) is 1. The van der Waals surface area contributed by atoms with Crippen LogP contribution in [0.1, 0.15) is 17.3 Å². The molecule has 0 atom stereocenters. The van der Waals surface area contributed by atoms with Gasteiger partial charge >= 0.3 is 5.57 Å². The SMILES string of the molecule is Cn1ccc(-c2cc(C(=O)Nc3ccc(OC(F)(F)Cl)cc3)cnc2N2CC(C)(O)C2)cc1=O. The second kappa shape index (κ2) is 8.69. The predicted molar refractivity (Wildman–Crippen MR) is 124 cm³/mol. The molecule has 0 spiro atoms. The highest BCUT2D eigenvalue weighted by atomic mass is 35.5. The first-order chi connectivity index (χ1) is 15.9. The first-order valence-corrected chi connectivity index (χ1v) is 10.6. The minimum Gasteiger partial charge on any atom is -0.420 e. The van der Waals surface area contributed by atoms with Gasteiger partial charge in [0.15, 0.2) is 0 Å². The Kier molecular flexibility index (Phi) is 6.05. The molecule has 1 fully saturated rings. The Labute approximate surface area is 198 Å². The van der Waals surface area contributed by atoms with E-state index in [0.717, 1.165) is 0 Å². The Hall–Kier alpha value is -3.50. The van der Waals surface area contributed by atoms with E-state index < -0.39 is 17.1 Å². The van der Waals surface area contributed by atoms with Crippen LogP contribution < -0.4 is 20.5 Å². The number of amides is 1. The first-order valence-electron chi connectivity index (χ1n) is 10.2. The number of aryl methyl sites for hydroxylation is 1. The van der Waals surface area contributed by atoms with Crippen molar-refractivity contribution in [3.8, 4) is 16.9 Å². The zero-order valence-corrected chi connectivity index (χ0v) is 19.0. The van der Waals surface area contributed by atoms with Crippen molar-refractivity contribution in [3.05, 3.63) is 70.8 Å². The van der Waals surface area contributed by atoms with E-state index in [1.807, 2.05) is 4.90 Å². The van der Waals surface area contributed by atoms with Gasteiger partial charge < -0.3 is 24.6 Å². The number of benzene rings is 1. The zero-order chi connectivity index (χ0) is 24.7. The number of anilines is 2. The summed E-state index contributed by atoms with van der Waals surface area (Å²) >= 11 is 4.75. The van der Waals surface area contributed by atoms with Crippen LogP contribution in [0.2, 0.25) is 0 Å². The van der Waals surface area contributed by atoms with Crippen LogP contribution in [0, 0.1) is 0 Å². The van der Waals surface area contributed by atoms with Gasteiger partial charge in [-0.05, 0) is 48.9 Å². The summed E-state index contributed by atoms with van der Waals surface area (Å²) in [5.74, 6) is -0.113. The van der Waals surface area contributed by atoms with Gasteiger partial charge in [0.2, 0.25) is 0 Å². The fourth-order valence-electron chi connectivity index (χ4n) is 3.63. The monoisotopic (exact) mass is 490 g/mol. The number of nitrogens with one attached hydrogen (secondary N) is 1. The van der Waals surface area contributed by atoms with E-state index in [1.54, 1.807) is 32.3 Å². The third kappa shape index (κ3) is 5.35. The van der Waals surface area contributed by atoms with Gasteiger partial charge in [-0.25, -0.2) is 4.98 Å². The molecular formula is C23H21ClF2N4O4. The number of ether oxygens (including phenoxy) is 1. The molecule has 11 heteroatoms. The van der Waals surface area contributed by atoms with E-state index in [1.165, 1.54) is 41.1 Å². The lowest BCUT2D eigenvalue weighted by Crippen LogP contribution is -2.60. The Morgan fingerprint density at radius 2 is 1.91 bits per heavy atom. The van der Waals surface area contributed by atoms with Gasteiger partial charge in [-0.2, -0.15) is 0 Å². The van der Waals surface area contributed by atoms with E-state index in [4.69, 9.17) is 11.6 Å². The molecule has 8 nitrogen and oxygen atoms in total. The maximum Gasteiger partial charge on any atom is 0.487 e. The average Bonchev–Trinajstić information content (AvgIpc) is 2.74. The van der Waals surface area contributed by atoms with Crippen LogP contribution in [0.25, 0.3) is 11.1 Å². The maximum atomic E-state index is 12.9. The lowest BCUT2D eigenvalue weighted by atomic mass is 9.95. The summed E-state index contributed by atoms with van der Waals surface area (Å²) in [6, 6.07) is 10.1. The zero-order valence-electron chi connectivity index (χ0n) is 18.3. The number of pyridine rings is 2. The van der Waals surface area contributed by atoms with Gasteiger partial charge in [0.1, 0.15) is 11.6 Å². The molecule has 1 saturated heterocycles. The molecule has 0 radical (unpaired) electrons. The highest BCUT2D eigenvalue weighted by Gasteiger charge is 2.38. The van der Waals surface area contributed by atoms with Crippen molar-refractivity contribution in [2.75, 3.05) is 23.3 Å². The van der Waals surface area contributed by atoms with E-state index in [0.29, 0.717) is 35.7 Å². The second-order valence-corrected chi connectivity index (χ2v) is 8.78. The molecule has 0 aliphatic carbocycles. The van der Waals surface area contributed by atoms with Crippen molar-refractivity contribution in [1.29, 1.82) is 0 Å². The third-order valence-corrected chi connectivity index (χ3v) is 5.33. The Bertz CT molecular complexity index is 1280. The highest BCUT2D eigenvalue weighted by Crippen LogP contribution is 2.34. The van der Waals surface area contributed by atoms with Crippen LogP contribution in [-0.4, -0.2) is 44.8 Å². The largest absolute Gasteiger partial charge is 0.487 e. The molecule has 0 saturated carbocycles. The molecule has 178 valence electrons. The Morgan fingerprint density at radius 3 is 2.50 bits per heavy atom. The van der Waals surface area contributed by atoms with Crippen LogP contribution in [-0.2, 0) is 7.05 Å². The quantitative estimate of drug-likeness (QED) is 0.514. The van der Waals surface area contributed by atoms with E-state index >= 15 is 0 Å². The predicted octanol–water partition coefficient (Wildman–Crippen LogP) is 3.44. The van der Waals surface area contributed by atoms with Crippen molar-refractivity contribution < 1.29 is 23.4 Å². The summed E-state index contributed by atoms with van der Waals surface area (Å²) in [7, 11) is 1.63. The summed E-state index contributed by atoms with van der Waals surface area (Å²) in [5.41, 5.74) is -3.20. The van der Waals surface area contributed by atoms with Gasteiger partial charge in [-0.1, -0.05) is 0 Å². The number of aromatic nitrogens is 2. The maximum absolute atomic E-state index is 12.9. The van der Waals surface area contributed by atoms with Crippen LogP contribution in [0.5, 0.6) is 5.75 Å². The number of carbonyl (C=O) groups excluding carboxylic acids is 1. The van der Waals surface area contributed by atoms with Crippen molar-refractivity contribution >= 4 is 29.0 Å². The Balaban J connectivity index is 1.61. The summed E-state index contributed by atoms with van der Waals surface area (Å²) < 4.78 is 31.2. The molecule has 4 rings (SSSR count). The van der Waals surface area contributed by atoms with Crippen LogP contribution in [0.15, 0.2) is 59.7 Å². The average molecular weight is 491 g/mol. The lowest BCUT2D eigenvalue weighted by Gasteiger charge is -2.45. The van der Waals surface area contributed by atoms with Crippen molar-refractivity contribution in [2.24, 2.45) is 7.05 Å². The molecule has 2 aromatic heterocycles. The van der Waals surface area contributed by atoms with Crippen LogP contribution in [0.3, 0.4) is 0 Å². The normalized spacial score (nSPS) is 14.9. The molecule has 1 aliphatic heterocycles. The standard InChI is InChI=1S/C23H21ClF2N4O4/c1-22(33)12-30(13-22)20-18(14-7-8-29(2)19(31)10-14)9-15(11-27-20)21(32)28-16-3-5-17(6-4-16)34-23(24,25)26/h3-11,33H,12-13H2,1-2H3,(H,28,32). The number of hydrogen-bond acceptors (Lipinski definition) is 6. The first kappa shape index (κ1) is 23.7. The molecule has 1 amide bonds. The summed E-state index contributed by atoms with van der Waals surface area (Å²) in [6.45, 7) is 2.44. The fourth-order valence-corrected chi connectivity index (χ4v) is 3.72. The number of halogens is 3. The summed E-state index contributed by atoms with van der Waals surface area (Å²) in [6.07, 6.45) is 3.02. The van der Waals surface area contributed by atoms with Gasteiger partial charge in [0, 0.05) is 61.4 Å². The number of rotatable bonds is 6. The highest BCUT2D eigenvalue weighted by molar-refractivity contribution is 6.20. The summed E-state index contributed by atoms with van der Waals surface area (Å²) in [5, 5.41) is 12.8. The van der Waals surface area contributed by atoms with Gasteiger partial charge in [-0.3, -0.25) is 9.59 Å². The van der Waals surface area contributed by atoms with Gasteiger partial charge in [0.05, 0.1) is 11.2 Å². The van der Waals surface area contributed by atoms with E-state index in [9.17, 15) is 23.5 Å². The van der Waals surface area contributed by atoms with Crippen molar-refractivity contribution in [3.63, 3.8) is 0 Å². The summed E-state index contributed by atoms with van der Waals surface area (Å²) in [4.78, 5) is 31.4. The van der Waals surface area contributed by atoms with Crippen molar-refractivity contribution in [2.45, 2.75) is 18.1 Å². The number of hydrogen-bond donors (Lipinski definition) is 2. The number of carbonyl (C=O) groups is 1. The molecule has 3 aromatic rings. The molecule has 2 N–H and O–H groups in total. The number of alkyl halides is 3. The number of aliphatic hydroxyl groups is 1. The molecule has 0 unspecified atom stereocenters. The molecule has 1 aromatic carbocycles. The van der Waals surface area contributed by atoms with Gasteiger partial charge in [0.25, 0.3) is 11.5 Å². The molecule has 0 bridgehead atoms. The second-order valence-electron chi connectivity index (χ2n) is 8.34. The van der Waals surface area contributed by atoms with E-state index in [-0.39, 0.29) is 16.9 Å².